The molecule has 2 heterocycles. The zero-order valence-corrected chi connectivity index (χ0v) is 16.3. The molecule has 2 N–H and O–H groups in total. The summed E-state index contributed by atoms with van der Waals surface area (Å²) in [7, 11) is 0. The van der Waals surface area contributed by atoms with Crippen LogP contribution in [0.15, 0.2) is 24.3 Å². The van der Waals surface area contributed by atoms with Crippen LogP contribution < -0.4 is 0 Å². The van der Waals surface area contributed by atoms with Gasteiger partial charge in [0, 0.05) is 56.5 Å². The number of benzene rings is 1. The summed E-state index contributed by atoms with van der Waals surface area (Å²) >= 11 is 0. The van der Waals surface area contributed by atoms with Gasteiger partial charge in [0.1, 0.15) is 5.75 Å². The molecule has 5 nitrogen and oxygen atoms in total. The van der Waals surface area contributed by atoms with E-state index in [2.05, 4.69) is 28.5 Å². The van der Waals surface area contributed by atoms with Gasteiger partial charge in [-0.3, -0.25) is 9.80 Å². The molecule has 0 aromatic heterocycles. The highest BCUT2D eigenvalue weighted by Crippen LogP contribution is 2.26. The molecule has 2 fully saturated rings. The van der Waals surface area contributed by atoms with Gasteiger partial charge in [-0.15, -0.1) is 0 Å². The topological polar surface area (TPSA) is 50.2 Å². The summed E-state index contributed by atoms with van der Waals surface area (Å²) in [5.74, 6) is 0.384. The lowest BCUT2D eigenvalue weighted by atomic mass is 9.97. The maximum Gasteiger partial charge on any atom is 0.120 e. The Labute approximate surface area is 158 Å². The number of para-hydroxylation sites is 1. The van der Waals surface area contributed by atoms with Crippen LogP contribution in [0, 0.1) is 0 Å². The van der Waals surface area contributed by atoms with Gasteiger partial charge in [-0.05, 0) is 52.3 Å². The van der Waals surface area contributed by atoms with Crippen LogP contribution in [0.25, 0.3) is 0 Å². The monoisotopic (exact) mass is 361 g/mol. The molecule has 1 aromatic rings. The summed E-state index contributed by atoms with van der Waals surface area (Å²) in [5.41, 5.74) is 0.994. The maximum atomic E-state index is 10.1. The quantitative estimate of drug-likeness (QED) is 0.813. The Morgan fingerprint density at radius 1 is 1.08 bits per heavy atom. The Morgan fingerprint density at radius 2 is 1.81 bits per heavy atom. The van der Waals surface area contributed by atoms with Crippen molar-refractivity contribution in [2.24, 2.45) is 0 Å². The van der Waals surface area contributed by atoms with Crippen LogP contribution in [0.4, 0.5) is 0 Å². The second-order valence-corrected chi connectivity index (χ2v) is 8.13. The molecule has 0 amide bonds. The number of rotatable bonds is 6. The summed E-state index contributed by atoms with van der Waals surface area (Å²) in [5, 5.41) is 19.6. The van der Waals surface area contributed by atoms with E-state index in [1.54, 1.807) is 6.07 Å². The summed E-state index contributed by atoms with van der Waals surface area (Å²) in [6.45, 7) is 11.0. The molecule has 26 heavy (non-hydrogen) atoms. The Hall–Kier alpha value is -1.14. The predicted molar refractivity (Wildman–Crippen MR) is 105 cm³/mol. The second kappa shape index (κ2) is 9.18. The first-order valence-electron chi connectivity index (χ1n) is 10.2. The van der Waals surface area contributed by atoms with Crippen molar-refractivity contribution in [3.8, 4) is 5.75 Å². The van der Waals surface area contributed by atoms with Crippen molar-refractivity contribution in [3.05, 3.63) is 29.8 Å². The largest absolute Gasteiger partial charge is 0.508 e. The number of nitrogens with zero attached hydrogens (tertiary/aromatic N) is 3. The zero-order valence-electron chi connectivity index (χ0n) is 16.3. The van der Waals surface area contributed by atoms with Crippen molar-refractivity contribution >= 4 is 0 Å². The Bertz CT molecular complexity index is 558. The average Bonchev–Trinajstić information content (AvgIpc) is 2.64. The van der Waals surface area contributed by atoms with Gasteiger partial charge in [-0.2, -0.15) is 0 Å². The maximum absolute atomic E-state index is 10.1. The zero-order chi connectivity index (χ0) is 18.5. The van der Waals surface area contributed by atoms with Crippen LogP contribution in [0.5, 0.6) is 5.75 Å². The number of piperazine rings is 1. The lowest BCUT2D eigenvalue weighted by molar-refractivity contribution is -0.000194. The van der Waals surface area contributed by atoms with Gasteiger partial charge < -0.3 is 15.1 Å². The van der Waals surface area contributed by atoms with Gasteiger partial charge >= 0.3 is 0 Å². The third kappa shape index (κ3) is 4.77. The van der Waals surface area contributed by atoms with E-state index in [0.29, 0.717) is 23.9 Å². The van der Waals surface area contributed by atoms with Gasteiger partial charge in [0.25, 0.3) is 0 Å². The third-order valence-corrected chi connectivity index (χ3v) is 6.16. The molecule has 0 bridgehead atoms. The van der Waals surface area contributed by atoms with E-state index in [0.717, 1.165) is 38.2 Å². The number of hydrogen-bond acceptors (Lipinski definition) is 5. The lowest BCUT2D eigenvalue weighted by Crippen LogP contribution is -2.58. The van der Waals surface area contributed by atoms with Crippen molar-refractivity contribution in [1.82, 2.24) is 14.7 Å². The molecular formula is C21H35N3O2. The smallest absolute Gasteiger partial charge is 0.120 e. The first kappa shape index (κ1) is 19.6. The molecule has 2 aliphatic rings. The summed E-state index contributed by atoms with van der Waals surface area (Å²) < 4.78 is 0. The number of likely N-dealkylation sites (tertiary alicyclic amines) is 1. The van der Waals surface area contributed by atoms with E-state index in [4.69, 9.17) is 0 Å². The first-order valence-corrected chi connectivity index (χ1v) is 10.2. The van der Waals surface area contributed by atoms with Crippen LogP contribution in [0.3, 0.4) is 0 Å². The standard InChI is InChI=1S/C21H35N3O2/c1-17(2)23-10-7-19(8-11-23)24-13-12-22(16-20(24)9-14-25)15-18-5-3-4-6-21(18)26/h3-6,17,19-20,25-26H,7-16H2,1-2H3/t20-/m1/s1. The molecule has 1 aromatic carbocycles. The highest BCUT2D eigenvalue weighted by Gasteiger charge is 2.33. The Morgan fingerprint density at radius 3 is 2.46 bits per heavy atom. The molecule has 5 heteroatoms. The fourth-order valence-corrected chi connectivity index (χ4v) is 4.58. The van der Waals surface area contributed by atoms with Crippen molar-refractivity contribution in [2.45, 2.75) is 57.8 Å². The molecule has 0 spiro atoms. The first-order chi connectivity index (χ1) is 12.6. The molecule has 0 aliphatic carbocycles. The minimum absolute atomic E-state index is 0.246. The highest BCUT2D eigenvalue weighted by molar-refractivity contribution is 5.31. The van der Waals surface area contributed by atoms with Crippen LogP contribution >= 0.6 is 0 Å². The van der Waals surface area contributed by atoms with Gasteiger partial charge in [-0.1, -0.05) is 18.2 Å². The Kier molecular flexibility index (Phi) is 6.92. The number of phenols is 1. The average molecular weight is 362 g/mol. The van der Waals surface area contributed by atoms with E-state index in [-0.39, 0.29) is 6.61 Å². The van der Waals surface area contributed by atoms with E-state index in [1.807, 2.05) is 18.2 Å². The Balaban J connectivity index is 1.59. The van der Waals surface area contributed by atoms with E-state index in [9.17, 15) is 10.2 Å². The molecule has 3 rings (SSSR count). The number of phenolic OH excluding ortho intramolecular Hbond substituents is 1. The van der Waals surface area contributed by atoms with Crippen molar-refractivity contribution < 1.29 is 10.2 Å². The molecule has 2 aliphatic heterocycles. The number of aliphatic hydroxyl groups is 1. The van der Waals surface area contributed by atoms with Crippen LogP contribution in [-0.2, 0) is 6.54 Å². The highest BCUT2D eigenvalue weighted by atomic mass is 16.3. The van der Waals surface area contributed by atoms with Crippen LogP contribution in [-0.4, -0.2) is 82.4 Å². The number of aromatic hydroxyl groups is 1. The van der Waals surface area contributed by atoms with Crippen molar-refractivity contribution in [1.29, 1.82) is 0 Å². The predicted octanol–water partition coefficient (Wildman–Crippen LogP) is 2.13. The van der Waals surface area contributed by atoms with E-state index >= 15 is 0 Å². The van der Waals surface area contributed by atoms with E-state index < -0.39 is 0 Å². The fraction of sp³-hybridized carbons (Fsp3) is 0.714. The summed E-state index contributed by atoms with van der Waals surface area (Å²) in [6, 6.07) is 9.32. The molecule has 2 saturated heterocycles. The lowest BCUT2D eigenvalue weighted by Gasteiger charge is -2.48. The fourth-order valence-electron chi connectivity index (χ4n) is 4.58. The third-order valence-electron chi connectivity index (χ3n) is 6.16. The van der Waals surface area contributed by atoms with Crippen molar-refractivity contribution in [3.63, 3.8) is 0 Å². The minimum atomic E-state index is 0.246. The molecule has 146 valence electrons. The molecular weight excluding hydrogens is 326 g/mol. The van der Waals surface area contributed by atoms with Gasteiger partial charge in [0.15, 0.2) is 0 Å². The van der Waals surface area contributed by atoms with E-state index in [1.165, 1.54) is 25.9 Å². The SMILES string of the molecule is CC(C)N1CCC(N2CCN(Cc3ccccc3O)C[C@H]2CCO)CC1. The van der Waals surface area contributed by atoms with Crippen LogP contribution in [0.1, 0.15) is 38.7 Å². The summed E-state index contributed by atoms with van der Waals surface area (Å²) in [4.78, 5) is 7.66. The molecule has 0 radical (unpaired) electrons. The number of hydrogen-bond donors (Lipinski definition) is 2. The van der Waals surface area contributed by atoms with Gasteiger partial charge in [-0.25, -0.2) is 0 Å². The van der Waals surface area contributed by atoms with Gasteiger partial charge in [0.05, 0.1) is 0 Å². The summed E-state index contributed by atoms with van der Waals surface area (Å²) in [6.07, 6.45) is 3.31. The molecule has 0 unspecified atom stereocenters. The second-order valence-electron chi connectivity index (χ2n) is 8.13. The van der Waals surface area contributed by atoms with Crippen LogP contribution in [0.2, 0.25) is 0 Å². The minimum Gasteiger partial charge on any atom is -0.508 e. The van der Waals surface area contributed by atoms with Gasteiger partial charge in [0.2, 0.25) is 0 Å². The number of piperidine rings is 1. The molecule has 1 atom stereocenters. The molecule has 0 saturated carbocycles. The number of aliphatic hydroxyl groups excluding tert-OH is 1. The van der Waals surface area contributed by atoms with Crippen molar-refractivity contribution in [2.75, 3.05) is 39.3 Å². The normalized spacial score (nSPS) is 24.4.